The zero-order chi connectivity index (χ0) is 16.9. The first-order valence-electron chi connectivity index (χ1n) is 8.70. The minimum Gasteiger partial charge on any atom is -0.339 e. The molecule has 1 aromatic heterocycles. The lowest BCUT2D eigenvalue weighted by Gasteiger charge is -2.32. The molecule has 26 heavy (non-hydrogen) atoms. The summed E-state index contributed by atoms with van der Waals surface area (Å²) in [5.74, 6) is 0.839. The van der Waals surface area contributed by atoms with Gasteiger partial charge in [-0.25, -0.2) is 4.98 Å². The number of likely N-dealkylation sites (tertiary alicyclic amines) is 1. The van der Waals surface area contributed by atoms with Crippen LogP contribution in [0.5, 0.6) is 0 Å². The molecule has 0 atom stereocenters. The third-order valence-corrected chi connectivity index (χ3v) is 5.57. The fourth-order valence-electron chi connectivity index (χ4n) is 3.14. The molecule has 1 amide bonds. The van der Waals surface area contributed by atoms with E-state index in [1.165, 1.54) is 0 Å². The maximum Gasteiger partial charge on any atom is 0.253 e. The van der Waals surface area contributed by atoms with Crippen LogP contribution in [-0.2, 0) is 0 Å². The van der Waals surface area contributed by atoms with Crippen molar-refractivity contribution >= 4 is 42.1 Å². The Morgan fingerprint density at radius 1 is 1.31 bits per heavy atom. The van der Waals surface area contributed by atoms with Crippen molar-refractivity contribution in [2.45, 2.75) is 26.7 Å². The first-order chi connectivity index (χ1) is 11.7. The molecule has 2 aromatic rings. The first-order valence-corrected chi connectivity index (χ1v) is 9.58. The molecule has 7 heteroatoms. The van der Waals surface area contributed by atoms with E-state index in [0.717, 1.165) is 60.8 Å². The Balaban J connectivity index is 0.00000169. The second kappa shape index (κ2) is 10.9. The normalized spacial score (nSPS) is 14.5. The molecule has 0 radical (unpaired) electrons. The van der Waals surface area contributed by atoms with Crippen molar-refractivity contribution < 1.29 is 4.79 Å². The minimum atomic E-state index is 0. The van der Waals surface area contributed by atoms with Crippen molar-refractivity contribution in [2.24, 2.45) is 5.92 Å². The number of hydrogen-bond donors (Lipinski definition) is 1. The number of aryl methyl sites for hydroxylation is 1. The molecule has 2 heterocycles. The van der Waals surface area contributed by atoms with Gasteiger partial charge in [0.1, 0.15) is 5.01 Å². The van der Waals surface area contributed by atoms with E-state index in [1.807, 2.05) is 41.5 Å². The molecule has 1 aliphatic rings. The Hall–Kier alpha value is -1.14. The van der Waals surface area contributed by atoms with E-state index in [2.05, 4.69) is 17.2 Å². The van der Waals surface area contributed by atoms with Gasteiger partial charge in [-0.15, -0.1) is 36.2 Å². The van der Waals surface area contributed by atoms with Gasteiger partial charge in [0.15, 0.2) is 0 Å². The average Bonchev–Trinajstić information content (AvgIpc) is 3.06. The van der Waals surface area contributed by atoms with Crippen molar-refractivity contribution in [1.29, 1.82) is 0 Å². The number of carbonyl (C=O) groups is 1. The third kappa shape index (κ3) is 5.68. The Morgan fingerprint density at radius 3 is 2.65 bits per heavy atom. The number of carbonyl (C=O) groups excluding carboxylic acids is 1. The van der Waals surface area contributed by atoms with Crippen molar-refractivity contribution in [2.75, 3.05) is 26.2 Å². The molecule has 3 rings (SSSR count). The zero-order valence-corrected chi connectivity index (χ0v) is 17.7. The largest absolute Gasteiger partial charge is 0.339 e. The smallest absolute Gasteiger partial charge is 0.253 e. The molecule has 0 unspecified atom stereocenters. The highest BCUT2D eigenvalue weighted by Crippen LogP contribution is 2.25. The lowest BCUT2D eigenvalue weighted by Crippen LogP contribution is -2.40. The third-order valence-electron chi connectivity index (χ3n) is 4.56. The van der Waals surface area contributed by atoms with Gasteiger partial charge in [-0.3, -0.25) is 4.79 Å². The quantitative estimate of drug-likeness (QED) is 0.785. The predicted octanol–water partition coefficient (Wildman–Crippen LogP) is 4.42. The molecular formula is C19H27Cl2N3OS. The van der Waals surface area contributed by atoms with Gasteiger partial charge < -0.3 is 10.2 Å². The summed E-state index contributed by atoms with van der Waals surface area (Å²) in [5.41, 5.74) is 2.82. The molecule has 1 aromatic carbocycles. The number of nitrogens with zero attached hydrogens (tertiary/aromatic N) is 2. The van der Waals surface area contributed by atoms with Crippen LogP contribution in [0.4, 0.5) is 0 Å². The molecule has 1 saturated heterocycles. The van der Waals surface area contributed by atoms with Crippen LogP contribution in [0, 0.1) is 12.8 Å². The number of nitrogens with one attached hydrogen (secondary N) is 1. The Kier molecular flexibility index (Phi) is 9.58. The Labute approximate surface area is 172 Å². The number of thiazole rings is 1. The maximum absolute atomic E-state index is 12.8. The molecule has 0 aliphatic carbocycles. The first kappa shape index (κ1) is 22.9. The summed E-state index contributed by atoms with van der Waals surface area (Å²) < 4.78 is 0. The van der Waals surface area contributed by atoms with Gasteiger partial charge in [-0.05, 0) is 50.9 Å². The summed E-state index contributed by atoms with van der Waals surface area (Å²) in [5, 5.41) is 6.43. The van der Waals surface area contributed by atoms with Crippen LogP contribution in [0.3, 0.4) is 0 Å². The van der Waals surface area contributed by atoms with E-state index in [4.69, 9.17) is 0 Å². The minimum absolute atomic E-state index is 0. The number of benzene rings is 1. The van der Waals surface area contributed by atoms with Gasteiger partial charge in [-0.2, -0.15) is 0 Å². The van der Waals surface area contributed by atoms with Gasteiger partial charge in [-0.1, -0.05) is 19.1 Å². The molecule has 1 N–H and O–H groups in total. The zero-order valence-electron chi connectivity index (χ0n) is 15.2. The number of aromatic nitrogens is 1. The van der Waals surface area contributed by atoms with E-state index in [1.54, 1.807) is 11.3 Å². The van der Waals surface area contributed by atoms with E-state index < -0.39 is 0 Å². The highest BCUT2D eigenvalue weighted by molar-refractivity contribution is 7.13. The van der Waals surface area contributed by atoms with Crippen molar-refractivity contribution in [3.05, 3.63) is 40.9 Å². The van der Waals surface area contributed by atoms with E-state index in [0.29, 0.717) is 5.92 Å². The van der Waals surface area contributed by atoms with Crippen molar-refractivity contribution in [1.82, 2.24) is 15.2 Å². The second-order valence-electron chi connectivity index (χ2n) is 6.42. The fraction of sp³-hybridized carbons (Fsp3) is 0.474. The fourth-order valence-corrected chi connectivity index (χ4v) is 3.94. The molecular weight excluding hydrogens is 389 g/mol. The Bertz CT molecular complexity index is 700. The number of hydrogen-bond acceptors (Lipinski definition) is 4. The SMILES string of the molecule is CCNCC1CCN(C(=O)c2cccc(-c3nc(C)cs3)c2)CC1.Cl.Cl. The molecule has 4 nitrogen and oxygen atoms in total. The summed E-state index contributed by atoms with van der Waals surface area (Å²) >= 11 is 1.62. The van der Waals surface area contributed by atoms with Crippen LogP contribution in [0.1, 0.15) is 35.8 Å². The van der Waals surface area contributed by atoms with Crippen molar-refractivity contribution in [3.63, 3.8) is 0 Å². The number of amides is 1. The lowest BCUT2D eigenvalue weighted by molar-refractivity contribution is 0.0690. The van der Waals surface area contributed by atoms with Crippen LogP contribution >= 0.6 is 36.2 Å². The topological polar surface area (TPSA) is 45.2 Å². The molecule has 0 spiro atoms. The summed E-state index contributed by atoms with van der Waals surface area (Å²) in [6, 6.07) is 7.87. The van der Waals surface area contributed by atoms with Gasteiger partial charge in [0.2, 0.25) is 0 Å². The molecule has 1 aliphatic heterocycles. The Morgan fingerprint density at radius 2 is 2.04 bits per heavy atom. The highest BCUT2D eigenvalue weighted by Gasteiger charge is 2.23. The van der Waals surface area contributed by atoms with Crippen LogP contribution in [0.25, 0.3) is 10.6 Å². The van der Waals surface area contributed by atoms with E-state index in [9.17, 15) is 4.79 Å². The van der Waals surface area contributed by atoms with Gasteiger partial charge in [0, 0.05) is 35.3 Å². The second-order valence-corrected chi connectivity index (χ2v) is 7.28. The molecule has 1 fully saturated rings. The summed E-state index contributed by atoms with van der Waals surface area (Å²) in [4.78, 5) is 19.3. The van der Waals surface area contributed by atoms with Crippen LogP contribution in [0.2, 0.25) is 0 Å². The maximum atomic E-state index is 12.8. The molecule has 144 valence electrons. The molecule has 0 saturated carbocycles. The van der Waals surface area contributed by atoms with Crippen LogP contribution in [0.15, 0.2) is 29.6 Å². The predicted molar refractivity (Wildman–Crippen MR) is 114 cm³/mol. The van der Waals surface area contributed by atoms with E-state index >= 15 is 0 Å². The van der Waals surface area contributed by atoms with Gasteiger partial charge in [0.25, 0.3) is 5.91 Å². The number of halogens is 2. The molecule has 0 bridgehead atoms. The van der Waals surface area contributed by atoms with Crippen molar-refractivity contribution in [3.8, 4) is 10.6 Å². The summed E-state index contributed by atoms with van der Waals surface area (Å²) in [6.45, 7) is 7.92. The highest BCUT2D eigenvalue weighted by atomic mass is 35.5. The van der Waals surface area contributed by atoms with E-state index in [-0.39, 0.29) is 30.7 Å². The monoisotopic (exact) mass is 415 g/mol. The number of piperidine rings is 1. The summed E-state index contributed by atoms with van der Waals surface area (Å²) in [6.07, 6.45) is 2.17. The summed E-state index contributed by atoms with van der Waals surface area (Å²) in [7, 11) is 0. The lowest BCUT2D eigenvalue weighted by atomic mass is 9.96. The number of rotatable bonds is 5. The average molecular weight is 416 g/mol. The van der Waals surface area contributed by atoms with Gasteiger partial charge in [0.05, 0.1) is 0 Å². The van der Waals surface area contributed by atoms with Gasteiger partial charge >= 0.3 is 0 Å². The standard InChI is InChI=1S/C19H25N3OS.2ClH/c1-3-20-12-15-7-9-22(10-8-15)19(23)17-6-4-5-16(11-17)18-21-14(2)13-24-18;;/h4-6,11,13,15,20H,3,7-10,12H2,1-2H3;2*1H. The van der Waals surface area contributed by atoms with Crippen LogP contribution in [-0.4, -0.2) is 42.0 Å². The van der Waals surface area contributed by atoms with Crippen LogP contribution < -0.4 is 5.32 Å².